The summed E-state index contributed by atoms with van der Waals surface area (Å²) in [5.74, 6) is 2.72. The standard InChI is InChI=1S/C15H19BrN2/c1-3-9-18-10-7-13(8-11-18)17-14-6-4-5-12(2)15(14)16/h1,4-6,13,17H,7-11H2,2H3. The second-order valence-electron chi connectivity index (χ2n) is 4.84. The van der Waals surface area contributed by atoms with Crippen molar-refractivity contribution in [2.75, 3.05) is 25.0 Å². The van der Waals surface area contributed by atoms with Gasteiger partial charge in [0.2, 0.25) is 0 Å². The van der Waals surface area contributed by atoms with Crippen molar-refractivity contribution in [1.29, 1.82) is 0 Å². The van der Waals surface area contributed by atoms with Crippen molar-refractivity contribution in [2.24, 2.45) is 0 Å². The zero-order chi connectivity index (χ0) is 13.0. The van der Waals surface area contributed by atoms with E-state index < -0.39 is 0 Å². The van der Waals surface area contributed by atoms with Gasteiger partial charge in [-0.2, -0.15) is 0 Å². The maximum Gasteiger partial charge on any atom is 0.0598 e. The van der Waals surface area contributed by atoms with Crippen molar-refractivity contribution < 1.29 is 0 Å². The molecule has 0 bridgehead atoms. The number of nitrogens with zero attached hydrogens (tertiary/aromatic N) is 1. The highest BCUT2D eigenvalue weighted by Gasteiger charge is 2.18. The summed E-state index contributed by atoms with van der Waals surface area (Å²) in [6.07, 6.45) is 7.65. The summed E-state index contributed by atoms with van der Waals surface area (Å²) in [6, 6.07) is 6.89. The van der Waals surface area contributed by atoms with Crippen LogP contribution < -0.4 is 5.32 Å². The van der Waals surface area contributed by atoms with Crippen LogP contribution in [0, 0.1) is 19.3 Å². The molecule has 1 aromatic carbocycles. The second-order valence-corrected chi connectivity index (χ2v) is 5.63. The first-order valence-corrected chi connectivity index (χ1v) is 7.17. The van der Waals surface area contributed by atoms with Crippen molar-refractivity contribution in [3.05, 3.63) is 28.2 Å². The summed E-state index contributed by atoms with van der Waals surface area (Å²) in [5.41, 5.74) is 2.47. The molecular weight excluding hydrogens is 288 g/mol. The monoisotopic (exact) mass is 306 g/mol. The smallest absolute Gasteiger partial charge is 0.0598 e. The van der Waals surface area contributed by atoms with Crippen LogP contribution in [0.1, 0.15) is 18.4 Å². The molecule has 1 aliphatic rings. The van der Waals surface area contributed by atoms with Crippen LogP contribution in [0.4, 0.5) is 5.69 Å². The molecule has 1 N–H and O–H groups in total. The quantitative estimate of drug-likeness (QED) is 0.862. The SMILES string of the molecule is C#CCN1CCC(Nc2cccc(C)c2Br)CC1. The lowest BCUT2D eigenvalue weighted by molar-refractivity contribution is 0.243. The molecule has 0 aliphatic carbocycles. The average molecular weight is 307 g/mol. The van der Waals surface area contributed by atoms with Crippen LogP contribution >= 0.6 is 15.9 Å². The molecule has 0 radical (unpaired) electrons. The van der Waals surface area contributed by atoms with Crippen LogP contribution in [-0.2, 0) is 0 Å². The first kappa shape index (κ1) is 13.5. The van der Waals surface area contributed by atoms with Crippen molar-refractivity contribution in [1.82, 2.24) is 4.90 Å². The van der Waals surface area contributed by atoms with Gasteiger partial charge in [0.05, 0.1) is 6.54 Å². The van der Waals surface area contributed by atoms with Gasteiger partial charge in [-0.25, -0.2) is 0 Å². The first-order valence-electron chi connectivity index (χ1n) is 6.38. The van der Waals surface area contributed by atoms with E-state index in [-0.39, 0.29) is 0 Å². The maximum absolute atomic E-state index is 5.34. The number of piperidine rings is 1. The number of halogens is 1. The van der Waals surface area contributed by atoms with Crippen LogP contribution in [0.5, 0.6) is 0 Å². The lowest BCUT2D eigenvalue weighted by Gasteiger charge is -2.32. The Labute approximate surface area is 118 Å². The Morgan fingerprint density at radius 3 is 2.83 bits per heavy atom. The van der Waals surface area contributed by atoms with Gasteiger partial charge < -0.3 is 5.32 Å². The molecule has 96 valence electrons. The fraction of sp³-hybridized carbons (Fsp3) is 0.467. The molecule has 2 rings (SSSR count). The number of benzene rings is 1. The topological polar surface area (TPSA) is 15.3 Å². The van der Waals surface area contributed by atoms with Gasteiger partial charge in [-0.1, -0.05) is 18.1 Å². The highest BCUT2D eigenvalue weighted by Crippen LogP contribution is 2.27. The number of aryl methyl sites for hydroxylation is 1. The molecule has 0 aromatic heterocycles. The minimum absolute atomic E-state index is 0.553. The van der Waals surface area contributed by atoms with Gasteiger partial charge in [0.15, 0.2) is 0 Å². The molecule has 3 heteroatoms. The largest absolute Gasteiger partial charge is 0.381 e. The van der Waals surface area contributed by atoms with Crippen LogP contribution in [0.2, 0.25) is 0 Å². The number of rotatable bonds is 3. The molecule has 18 heavy (non-hydrogen) atoms. The molecule has 0 amide bonds. The van der Waals surface area contributed by atoms with E-state index in [1.807, 2.05) is 0 Å². The van der Waals surface area contributed by atoms with Crippen LogP contribution in [-0.4, -0.2) is 30.6 Å². The lowest BCUT2D eigenvalue weighted by atomic mass is 10.0. The van der Waals surface area contributed by atoms with E-state index in [0.717, 1.165) is 32.5 Å². The molecule has 2 nitrogen and oxygen atoms in total. The van der Waals surface area contributed by atoms with Gasteiger partial charge in [-0.05, 0) is 47.3 Å². The van der Waals surface area contributed by atoms with Crippen LogP contribution in [0.25, 0.3) is 0 Å². The predicted molar refractivity (Wildman–Crippen MR) is 80.8 cm³/mol. The summed E-state index contributed by atoms with van der Waals surface area (Å²) in [5, 5.41) is 3.63. The number of likely N-dealkylation sites (tertiary alicyclic amines) is 1. The number of hydrogen-bond acceptors (Lipinski definition) is 2. The van der Waals surface area contributed by atoms with Crippen molar-refractivity contribution >= 4 is 21.6 Å². The molecule has 1 aliphatic heterocycles. The molecule has 0 spiro atoms. The van der Waals surface area contributed by atoms with Crippen molar-refractivity contribution in [2.45, 2.75) is 25.8 Å². The number of nitrogens with one attached hydrogen (secondary N) is 1. The number of hydrogen-bond donors (Lipinski definition) is 1. The Balaban J connectivity index is 1.92. The molecule has 0 atom stereocenters. The summed E-state index contributed by atoms with van der Waals surface area (Å²) in [7, 11) is 0. The third-order valence-electron chi connectivity index (χ3n) is 3.45. The lowest BCUT2D eigenvalue weighted by Crippen LogP contribution is -2.39. The van der Waals surface area contributed by atoms with Gasteiger partial charge in [0, 0.05) is 29.3 Å². The fourth-order valence-corrected chi connectivity index (χ4v) is 2.72. The summed E-state index contributed by atoms with van der Waals surface area (Å²) < 4.78 is 1.18. The Morgan fingerprint density at radius 1 is 1.44 bits per heavy atom. The maximum atomic E-state index is 5.34. The van der Waals surface area contributed by atoms with E-state index in [0.29, 0.717) is 6.04 Å². The second kappa shape index (κ2) is 6.26. The Kier molecular flexibility index (Phi) is 4.68. The van der Waals surface area contributed by atoms with Crippen LogP contribution in [0.3, 0.4) is 0 Å². The average Bonchev–Trinajstić information content (AvgIpc) is 2.38. The predicted octanol–water partition coefficient (Wildman–Crippen LogP) is 3.27. The molecular formula is C15H19BrN2. The van der Waals surface area contributed by atoms with Crippen LogP contribution in [0.15, 0.2) is 22.7 Å². The van der Waals surface area contributed by atoms with Gasteiger partial charge in [-0.3, -0.25) is 4.90 Å². The minimum atomic E-state index is 0.553. The van der Waals surface area contributed by atoms with Gasteiger partial charge >= 0.3 is 0 Å². The van der Waals surface area contributed by atoms with E-state index in [1.54, 1.807) is 0 Å². The number of anilines is 1. The highest BCUT2D eigenvalue weighted by molar-refractivity contribution is 9.10. The van der Waals surface area contributed by atoms with Crippen molar-refractivity contribution in [3.8, 4) is 12.3 Å². The summed E-state index contributed by atoms with van der Waals surface area (Å²) in [6.45, 7) is 5.07. The molecule has 1 fully saturated rings. The highest BCUT2D eigenvalue weighted by atomic mass is 79.9. The summed E-state index contributed by atoms with van der Waals surface area (Å²) in [4.78, 5) is 2.34. The molecule has 1 heterocycles. The first-order chi connectivity index (χ1) is 8.70. The normalized spacial score (nSPS) is 17.4. The third kappa shape index (κ3) is 3.28. The third-order valence-corrected chi connectivity index (χ3v) is 4.51. The van der Waals surface area contributed by atoms with Gasteiger partial charge in [0.1, 0.15) is 0 Å². The Hall–Kier alpha value is -0.980. The Bertz CT molecular complexity index is 442. The summed E-state index contributed by atoms with van der Waals surface area (Å²) >= 11 is 3.64. The number of terminal acetylenes is 1. The van der Waals surface area contributed by atoms with E-state index in [2.05, 4.69) is 57.2 Å². The van der Waals surface area contributed by atoms with Gasteiger partial charge in [0.25, 0.3) is 0 Å². The zero-order valence-corrected chi connectivity index (χ0v) is 12.3. The molecule has 1 aromatic rings. The molecule has 0 saturated carbocycles. The van der Waals surface area contributed by atoms with Crippen molar-refractivity contribution in [3.63, 3.8) is 0 Å². The van der Waals surface area contributed by atoms with E-state index in [9.17, 15) is 0 Å². The molecule has 1 saturated heterocycles. The van der Waals surface area contributed by atoms with E-state index >= 15 is 0 Å². The fourth-order valence-electron chi connectivity index (χ4n) is 2.34. The van der Waals surface area contributed by atoms with E-state index in [4.69, 9.17) is 6.42 Å². The van der Waals surface area contributed by atoms with E-state index in [1.165, 1.54) is 15.7 Å². The Morgan fingerprint density at radius 2 is 2.17 bits per heavy atom. The van der Waals surface area contributed by atoms with Gasteiger partial charge in [-0.15, -0.1) is 6.42 Å². The minimum Gasteiger partial charge on any atom is -0.381 e. The molecule has 0 unspecified atom stereocenters. The zero-order valence-electron chi connectivity index (χ0n) is 10.7.